The summed E-state index contributed by atoms with van der Waals surface area (Å²) in [5, 5.41) is 6.57. The van der Waals surface area contributed by atoms with Gasteiger partial charge in [-0.3, -0.25) is 4.79 Å². The molecule has 0 unspecified atom stereocenters. The number of rotatable bonds is 5. The number of nitrogens with one attached hydrogen (secondary N) is 1. The molecule has 2 heterocycles. The van der Waals surface area contributed by atoms with Gasteiger partial charge in [0.15, 0.2) is 5.69 Å². The third-order valence-electron chi connectivity index (χ3n) is 4.03. The van der Waals surface area contributed by atoms with Crippen LogP contribution in [-0.4, -0.2) is 21.0 Å². The Morgan fingerprint density at radius 3 is 2.76 bits per heavy atom. The first-order valence-corrected chi connectivity index (χ1v) is 8.01. The number of benzene rings is 1. The molecule has 1 aliphatic carbocycles. The van der Waals surface area contributed by atoms with Gasteiger partial charge in [0.1, 0.15) is 17.9 Å². The minimum absolute atomic E-state index is 0.237. The fraction of sp³-hybridized carbons (Fsp3) is 0.222. The van der Waals surface area contributed by atoms with Gasteiger partial charge in [0, 0.05) is 17.5 Å². The Bertz CT molecular complexity index is 903. The summed E-state index contributed by atoms with van der Waals surface area (Å²) >= 11 is 0. The minimum Gasteiger partial charge on any atom is -0.360 e. The first-order chi connectivity index (χ1) is 12.2. The number of halogens is 1. The molecule has 126 valence electrons. The third kappa shape index (κ3) is 3.55. The Morgan fingerprint density at radius 1 is 1.20 bits per heavy atom. The monoisotopic (exact) mass is 338 g/mol. The van der Waals surface area contributed by atoms with Crippen molar-refractivity contribution >= 4 is 5.91 Å². The SMILES string of the molecule is O=C(NCc1cc(-c2ccc(F)cc2)ncn1)c1cc(C2CC2)on1. The smallest absolute Gasteiger partial charge is 0.273 e. The zero-order valence-corrected chi connectivity index (χ0v) is 13.3. The van der Waals surface area contributed by atoms with E-state index >= 15 is 0 Å². The van der Waals surface area contributed by atoms with Gasteiger partial charge in [-0.15, -0.1) is 0 Å². The van der Waals surface area contributed by atoms with Crippen molar-refractivity contribution in [1.29, 1.82) is 0 Å². The van der Waals surface area contributed by atoms with Crippen molar-refractivity contribution in [1.82, 2.24) is 20.4 Å². The van der Waals surface area contributed by atoms with E-state index in [9.17, 15) is 9.18 Å². The summed E-state index contributed by atoms with van der Waals surface area (Å²) in [4.78, 5) is 20.5. The number of carbonyl (C=O) groups is 1. The van der Waals surface area contributed by atoms with E-state index in [1.54, 1.807) is 24.3 Å². The van der Waals surface area contributed by atoms with Crippen molar-refractivity contribution < 1.29 is 13.7 Å². The topological polar surface area (TPSA) is 80.9 Å². The Labute approximate surface area is 143 Å². The van der Waals surface area contributed by atoms with Crippen molar-refractivity contribution in [3.8, 4) is 11.3 Å². The van der Waals surface area contributed by atoms with Gasteiger partial charge in [0.25, 0.3) is 5.91 Å². The van der Waals surface area contributed by atoms with Crippen molar-refractivity contribution in [3.05, 3.63) is 65.7 Å². The zero-order chi connectivity index (χ0) is 17.2. The first-order valence-electron chi connectivity index (χ1n) is 8.01. The Morgan fingerprint density at radius 2 is 2.00 bits per heavy atom. The Hall–Kier alpha value is -3.09. The Kier molecular flexibility index (Phi) is 3.97. The highest BCUT2D eigenvalue weighted by Gasteiger charge is 2.28. The number of amides is 1. The van der Waals surface area contributed by atoms with Crippen LogP contribution in [0.2, 0.25) is 0 Å². The largest absolute Gasteiger partial charge is 0.360 e. The molecule has 1 aliphatic rings. The predicted octanol–water partition coefficient (Wildman–Crippen LogP) is 3.08. The third-order valence-corrected chi connectivity index (χ3v) is 4.03. The normalized spacial score (nSPS) is 13.6. The predicted molar refractivity (Wildman–Crippen MR) is 87.1 cm³/mol. The second-order valence-electron chi connectivity index (χ2n) is 5.97. The maximum absolute atomic E-state index is 13.0. The van der Waals surface area contributed by atoms with Crippen molar-refractivity contribution in [2.24, 2.45) is 0 Å². The molecule has 0 atom stereocenters. The summed E-state index contributed by atoms with van der Waals surface area (Å²) in [6.07, 6.45) is 3.59. The van der Waals surface area contributed by atoms with Crippen LogP contribution in [0.5, 0.6) is 0 Å². The number of hydrogen-bond acceptors (Lipinski definition) is 5. The molecule has 1 amide bonds. The minimum atomic E-state index is -0.308. The molecule has 0 aliphatic heterocycles. The molecule has 4 rings (SSSR count). The summed E-state index contributed by atoms with van der Waals surface area (Å²) in [7, 11) is 0. The number of hydrogen-bond donors (Lipinski definition) is 1. The molecule has 0 spiro atoms. The van der Waals surface area contributed by atoms with Gasteiger partial charge >= 0.3 is 0 Å². The summed E-state index contributed by atoms with van der Waals surface area (Å²) in [5.74, 6) is 0.570. The highest BCUT2D eigenvalue weighted by atomic mass is 19.1. The summed E-state index contributed by atoms with van der Waals surface area (Å²) in [6.45, 7) is 0.237. The van der Waals surface area contributed by atoms with Crippen molar-refractivity contribution in [2.75, 3.05) is 0 Å². The van der Waals surface area contributed by atoms with Crippen LogP contribution in [0.1, 0.15) is 40.7 Å². The van der Waals surface area contributed by atoms with Crippen molar-refractivity contribution in [2.45, 2.75) is 25.3 Å². The molecule has 1 saturated carbocycles. The maximum Gasteiger partial charge on any atom is 0.273 e. The van der Waals surface area contributed by atoms with E-state index in [4.69, 9.17) is 4.52 Å². The molecular weight excluding hydrogens is 323 g/mol. The molecule has 6 nitrogen and oxygen atoms in total. The fourth-order valence-electron chi connectivity index (χ4n) is 2.49. The number of carbonyl (C=O) groups excluding carboxylic acids is 1. The van der Waals surface area contributed by atoms with Gasteiger partial charge < -0.3 is 9.84 Å². The highest BCUT2D eigenvalue weighted by Crippen LogP contribution is 2.40. The molecule has 2 aromatic heterocycles. The first kappa shape index (κ1) is 15.4. The molecule has 0 saturated heterocycles. The summed E-state index contributed by atoms with van der Waals surface area (Å²) in [5.41, 5.74) is 2.36. The molecule has 1 aromatic carbocycles. The second-order valence-corrected chi connectivity index (χ2v) is 5.97. The standard InChI is InChI=1S/C18H15FN4O2/c19-13-5-3-11(4-6-13)15-7-14(21-10-22-15)9-20-18(24)16-8-17(25-23-16)12-1-2-12/h3-8,10,12H,1-2,9H2,(H,20,24). The van der Waals surface area contributed by atoms with E-state index in [-0.39, 0.29) is 24.0 Å². The van der Waals surface area contributed by atoms with Gasteiger partial charge in [-0.1, -0.05) is 5.16 Å². The average Bonchev–Trinajstić information content (AvgIpc) is 3.37. The maximum atomic E-state index is 13.0. The highest BCUT2D eigenvalue weighted by molar-refractivity contribution is 5.92. The van der Waals surface area contributed by atoms with E-state index in [1.807, 2.05) is 0 Å². The van der Waals surface area contributed by atoms with E-state index in [2.05, 4.69) is 20.4 Å². The molecule has 7 heteroatoms. The number of aromatic nitrogens is 3. The average molecular weight is 338 g/mol. The zero-order valence-electron chi connectivity index (χ0n) is 13.3. The summed E-state index contributed by atoms with van der Waals surface area (Å²) < 4.78 is 18.2. The molecule has 1 fully saturated rings. The van der Waals surface area contributed by atoms with Crippen LogP contribution in [0.4, 0.5) is 4.39 Å². The van der Waals surface area contributed by atoms with Crippen LogP contribution in [0.3, 0.4) is 0 Å². The molecular formula is C18H15FN4O2. The van der Waals surface area contributed by atoms with Gasteiger partial charge in [-0.25, -0.2) is 14.4 Å². The summed E-state index contributed by atoms with van der Waals surface area (Å²) in [6, 6.07) is 9.49. The van der Waals surface area contributed by atoms with Crippen LogP contribution < -0.4 is 5.32 Å². The van der Waals surface area contributed by atoms with Crippen LogP contribution in [0, 0.1) is 5.82 Å². The van der Waals surface area contributed by atoms with Gasteiger partial charge in [0.05, 0.1) is 17.9 Å². The molecule has 0 radical (unpaired) electrons. The molecule has 1 N–H and O–H groups in total. The van der Waals surface area contributed by atoms with Crippen LogP contribution in [-0.2, 0) is 6.54 Å². The van der Waals surface area contributed by atoms with Crippen LogP contribution in [0.25, 0.3) is 11.3 Å². The van der Waals surface area contributed by atoms with Crippen LogP contribution in [0.15, 0.2) is 47.2 Å². The van der Waals surface area contributed by atoms with Crippen molar-refractivity contribution in [3.63, 3.8) is 0 Å². The Balaban J connectivity index is 1.42. The van der Waals surface area contributed by atoms with E-state index in [0.717, 1.165) is 24.2 Å². The van der Waals surface area contributed by atoms with Gasteiger partial charge in [0.2, 0.25) is 0 Å². The van der Waals surface area contributed by atoms with E-state index in [0.29, 0.717) is 17.3 Å². The number of nitrogens with zero attached hydrogens (tertiary/aromatic N) is 3. The van der Waals surface area contributed by atoms with Crippen LogP contribution >= 0.6 is 0 Å². The van der Waals surface area contributed by atoms with E-state index < -0.39 is 0 Å². The fourth-order valence-corrected chi connectivity index (χ4v) is 2.49. The molecule has 0 bridgehead atoms. The molecule has 3 aromatic rings. The molecule has 25 heavy (non-hydrogen) atoms. The lowest BCUT2D eigenvalue weighted by molar-refractivity contribution is 0.0941. The lowest BCUT2D eigenvalue weighted by atomic mass is 10.1. The lowest BCUT2D eigenvalue weighted by Crippen LogP contribution is -2.23. The lowest BCUT2D eigenvalue weighted by Gasteiger charge is -2.05. The quantitative estimate of drug-likeness (QED) is 0.773. The van der Waals surface area contributed by atoms with Gasteiger partial charge in [-0.2, -0.15) is 0 Å². The van der Waals surface area contributed by atoms with Gasteiger partial charge in [-0.05, 0) is 43.2 Å². The van der Waals surface area contributed by atoms with E-state index in [1.165, 1.54) is 18.5 Å². The second kappa shape index (κ2) is 6.43.